The average Bonchev–Trinajstić information content (AvgIpc) is 2.47. The summed E-state index contributed by atoms with van der Waals surface area (Å²) >= 11 is 0. The predicted molar refractivity (Wildman–Crippen MR) is 84.8 cm³/mol. The van der Waals surface area contributed by atoms with Gasteiger partial charge in [0.05, 0.1) is 10.9 Å². The molecule has 0 aliphatic carbocycles. The molecular formula is C17H22N2O. The number of para-hydroxylation sites is 1. The van der Waals surface area contributed by atoms with Crippen LogP contribution in [-0.4, -0.2) is 9.55 Å². The van der Waals surface area contributed by atoms with Gasteiger partial charge >= 0.3 is 0 Å². The van der Waals surface area contributed by atoms with E-state index in [1.807, 2.05) is 31.3 Å². The first-order chi connectivity index (χ1) is 9.69. The van der Waals surface area contributed by atoms with Gasteiger partial charge in [-0.15, -0.1) is 0 Å². The summed E-state index contributed by atoms with van der Waals surface area (Å²) < 4.78 is 1.68. The van der Waals surface area contributed by atoms with Crippen molar-refractivity contribution >= 4 is 16.5 Å². The van der Waals surface area contributed by atoms with Gasteiger partial charge in [0.25, 0.3) is 5.56 Å². The standard InChI is InChI=1S/C17H22N2O/c1-4-6-10-13(9-5-2)16-18-15-12-8-7-11-14(15)17(20)19(16)3/h7-8,10-12H,4-6,9H2,1-3H3/b13-10+. The van der Waals surface area contributed by atoms with Crippen molar-refractivity contribution in [3.05, 3.63) is 46.5 Å². The molecule has 3 nitrogen and oxygen atoms in total. The summed E-state index contributed by atoms with van der Waals surface area (Å²) in [6.07, 6.45) is 6.36. The molecule has 0 fully saturated rings. The molecule has 0 unspecified atom stereocenters. The molecule has 0 saturated heterocycles. The molecule has 0 amide bonds. The smallest absolute Gasteiger partial charge is 0.261 e. The van der Waals surface area contributed by atoms with Gasteiger partial charge in [-0.05, 0) is 30.5 Å². The van der Waals surface area contributed by atoms with Crippen LogP contribution < -0.4 is 5.56 Å². The van der Waals surface area contributed by atoms with Gasteiger partial charge in [0.2, 0.25) is 0 Å². The molecule has 0 aliphatic rings. The predicted octanol–water partition coefficient (Wildman–Crippen LogP) is 3.92. The number of benzene rings is 1. The lowest BCUT2D eigenvalue weighted by Gasteiger charge is -2.12. The first-order valence-corrected chi connectivity index (χ1v) is 7.34. The van der Waals surface area contributed by atoms with Crippen LogP contribution in [0.1, 0.15) is 45.4 Å². The van der Waals surface area contributed by atoms with Gasteiger partial charge in [-0.2, -0.15) is 0 Å². The molecular weight excluding hydrogens is 248 g/mol. The summed E-state index contributed by atoms with van der Waals surface area (Å²) in [5.41, 5.74) is 1.99. The van der Waals surface area contributed by atoms with Gasteiger partial charge in [-0.3, -0.25) is 9.36 Å². The lowest BCUT2D eigenvalue weighted by atomic mass is 10.1. The van der Waals surface area contributed by atoms with E-state index in [1.165, 1.54) is 5.57 Å². The fourth-order valence-corrected chi connectivity index (χ4v) is 2.40. The number of fused-ring (bicyclic) bond motifs is 1. The molecule has 2 aromatic rings. The van der Waals surface area contributed by atoms with Crippen molar-refractivity contribution in [2.24, 2.45) is 7.05 Å². The molecule has 0 spiro atoms. The molecule has 2 rings (SSSR count). The maximum absolute atomic E-state index is 12.4. The Kier molecular flexibility index (Phi) is 4.72. The van der Waals surface area contributed by atoms with Gasteiger partial charge in [0.15, 0.2) is 0 Å². The second-order valence-electron chi connectivity index (χ2n) is 5.08. The molecule has 0 bridgehead atoms. The molecule has 1 aromatic heterocycles. The molecule has 1 aromatic carbocycles. The Morgan fingerprint density at radius 1 is 1.25 bits per heavy atom. The number of unbranched alkanes of at least 4 members (excludes halogenated alkanes) is 1. The van der Waals surface area contributed by atoms with E-state index in [4.69, 9.17) is 4.98 Å². The van der Waals surface area contributed by atoms with Crippen molar-refractivity contribution in [3.8, 4) is 0 Å². The van der Waals surface area contributed by atoms with Crippen LogP contribution in [0.3, 0.4) is 0 Å². The van der Waals surface area contributed by atoms with Crippen molar-refractivity contribution < 1.29 is 0 Å². The van der Waals surface area contributed by atoms with Gasteiger partial charge in [0, 0.05) is 7.05 Å². The number of aromatic nitrogens is 2. The van der Waals surface area contributed by atoms with Crippen molar-refractivity contribution in [2.75, 3.05) is 0 Å². The topological polar surface area (TPSA) is 34.9 Å². The Bertz CT molecular complexity index is 683. The van der Waals surface area contributed by atoms with Gasteiger partial charge < -0.3 is 0 Å². The van der Waals surface area contributed by atoms with Crippen LogP contribution in [0.4, 0.5) is 0 Å². The maximum atomic E-state index is 12.4. The normalized spacial score (nSPS) is 12.1. The summed E-state index contributed by atoms with van der Waals surface area (Å²) in [6.45, 7) is 4.31. The van der Waals surface area contributed by atoms with Crippen LogP contribution in [0, 0.1) is 0 Å². The van der Waals surface area contributed by atoms with Gasteiger partial charge in [0.1, 0.15) is 5.82 Å². The fourth-order valence-electron chi connectivity index (χ4n) is 2.40. The number of nitrogens with zero attached hydrogens (tertiary/aromatic N) is 2. The lowest BCUT2D eigenvalue weighted by molar-refractivity contribution is 0.802. The first-order valence-electron chi connectivity index (χ1n) is 7.34. The number of hydrogen-bond donors (Lipinski definition) is 0. The molecule has 0 radical (unpaired) electrons. The maximum Gasteiger partial charge on any atom is 0.261 e. The van der Waals surface area contributed by atoms with E-state index in [2.05, 4.69) is 19.9 Å². The zero-order valence-corrected chi connectivity index (χ0v) is 12.5. The largest absolute Gasteiger partial charge is 0.296 e. The minimum atomic E-state index is 0.0316. The highest BCUT2D eigenvalue weighted by atomic mass is 16.1. The minimum Gasteiger partial charge on any atom is -0.296 e. The third-order valence-corrected chi connectivity index (χ3v) is 3.47. The number of allylic oxidation sites excluding steroid dienone is 2. The number of hydrogen-bond acceptors (Lipinski definition) is 2. The summed E-state index contributed by atoms with van der Waals surface area (Å²) in [5, 5.41) is 0.685. The van der Waals surface area contributed by atoms with Crippen LogP contribution in [0.2, 0.25) is 0 Å². The van der Waals surface area contributed by atoms with Crippen molar-refractivity contribution in [2.45, 2.75) is 39.5 Å². The highest BCUT2D eigenvalue weighted by Gasteiger charge is 2.11. The van der Waals surface area contributed by atoms with Gasteiger partial charge in [-0.1, -0.05) is 44.9 Å². The molecule has 1 heterocycles. The van der Waals surface area contributed by atoms with Crippen molar-refractivity contribution in [1.82, 2.24) is 9.55 Å². The van der Waals surface area contributed by atoms with Crippen molar-refractivity contribution in [1.29, 1.82) is 0 Å². The van der Waals surface area contributed by atoms with Gasteiger partial charge in [-0.25, -0.2) is 4.98 Å². The van der Waals surface area contributed by atoms with E-state index >= 15 is 0 Å². The monoisotopic (exact) mass is 270 g/mol. The van der Waals surface area contributed by atoms with Crippen LogP contribution in [-0.2, 0) is 7.05 Å². The molecule has 3 heteroatoms. The van der Waals surface area contributed by atoms with Crippen LogP contribution in [0.25, 0.3) is 16.5 Å². The highest BCUT2D eigenvalue weighted by molar-refractivity contribution is 5.79. The van der Waals surface area contributed by atoms with Crippen molar-refractivity contribution in [3.63, 3.8) is 0 Å². The highest BCUT2D eigenvalue weighted by Crippen LogP contribution is 2.20. The Hall–Kier alpha value is -1.90. The van der Waals surface area contributed by atoms with Crippen LogP contribution >= 0.6 is 0 Å². The molecule has 0 N–H and O–H groups in total. The second kappa shape index (κ2) is 6.51. The third-order valence-electron chi connectivity index (χ3n) is 3.47. The number of rotatable bonds is 5. The minimum absolute atomic E-state index is 0.0316. The lowest BCUT2D eigenvalue weighted by Crippen LogP contribution is -2.22. The SMILES string of the molecule is CCC/C=C(\CCC)c1nc2ccccc2c(=O)n1C. The summed E-state index contributed by atoms with van der Waals surface area (Å²) in [5.74, 6) is 0.809. The van der Waals surface area contributed by atoms with E-state index in [-0.39, 0.29) is 5.56 Å². The second-order valence-corrected chi connectivity index (χ2v) is 5.08. The zero-order chi connectivity index (χ0) is 14.5. The Morgan fingerprint density at radius 2 is 2.00 bits per heavy atom. The fraction of sp³-hybridized carbons (Fsp3) is 0.412. The zero-order valence-electron chi connectivity index (χ0n) is 12.5. The van der Waals surface area contributed by atoms with E-state index in [0.29, 0.717) is 5.39 Å². The van der Waals surface area contributed by atoms with Crippen LogP contribution in [0.5, 0.6) is 0 Å². The first kappa shape index (κ1) is 14.5. The summed E-state index contributed by atoms with van der Waals surface area (Å²) in [7, 11) is 1.81. The van der Waals surface area contributed by atoms with Crippen LogP contribution in [0.15, 0.2) is 35.1 Å². The molecule has 106 valence electrons. The molecule has 0 aliphatic heterocycles. The summed E-state index contributed by atoms with van der Waals surface area (Å²) in [6, 6.07) is 7.55. The summed E-state index contributed by atoms with van der Waals surface area (Å²) in [4.78, 5) is 17.1. The van der Waals surface area contributed by atoms with E-state index in [1.54, 1.807) is 4.57 Å². The average molecular weight is 270 g/mol. The Morgan fingerprint density at radius 3 is 2.70 bits per heavy atom. The Balaban J connectivity index is 2.63. The molecule has 0 atom stereocenters. The quantitative estimate of drug-likeness (QED) is 0.825. The van der Waals surface area contributed by atoms with E-state index in [0.717, 1.165) is 37.0 Å². The van der Waals surface area contributed by atoms with E-state index in [9.17, 15) is 4.79 Å². The van der Waals surface area contributed by atoms with E-state index < -0.39 is 0 Å². The third kappa shape index (κ3) is 2.82. The molecule has 20 heavy (non-hydrogen) atoms. The molecule has 0 saturated carbocycles. The Labute approximate surface area is 120 Å².